The van der Waals surface area contributed by atoms with Gasteiger partial charge in [-0.2, -0.15) is 0 Å². The lowest BCUT2D eigenvalue weighted by Crippen LogP contribution is -2.41. The van der Waals surface area contributed by atoms with E-state index < -0.39 is 8.32 Å². The van der Waals surface area contributed by atoms with Crippen LogP contribution in [0.1, 0.15) is 33.3 Å². The molecule has 0 saturated heterocycles. The zero-order valence-corrected chi connectivity index (χ0v) is 16.5. The molecule has 1 N–H and O–H groups in total. The second-order valence-corrected chi connectivity index (χ2v) is 12.1. The van der Waals surface area contributed by atoms with Crippen molar-refractivity contribution in [3.05, 3.63) is 20.7 Å². The van der Waals surface area contributed by atoms with Crippen molar-refractivity contribution in [1.29, 1.82) is 0 Å². The largest absolute Gasteiger partial charge is 0.476 e. The zero-order valence-electron chi connectivity index (χ0n) is 14.7. The van der Waals surface area contributed by atoms with Crippen molar-refractivity contribution < 1.29 is 9.16 Å². The molecule has 0 aromatic carbocycles. The SMILES string of the molecule is CCc1c(OCCO[Si](C)(C)C(C)(C)C)[nH]c(=S)n(C)c1=O. The molecule has 0 saturated carbocycles. The van der Waals surface area contributed by atoms with E-state index in [2.05, 4.69) is 38.8 Å². The smallest absolute Gasteiger partial charge is 0.261 e. The van der Waals surface area contributed by atoms with E-state index in [9.17, 15) is 4.79 Å². The fourth-order valence-corrected chi connectivity index (χ4v) is 2.94. The Kier molecular flexibility index (Phi) is 6.17. The van der Waals surface area contributed by atoms with Gasteiger partial charge in [0.2, 0.25) is 5.88 Å². The van der Waals surface area contributed by atoms with E-state index >= 15 is 0 Å². The fraction of sp³-hybridized carbons (Fsp3) is 0.733. The summed E-state index contributed by atoms with van der Waals surface area (Å²) in [4.78, 5) is 15.1. The van der Waals surface area contributed by atoms with Gasteiger partial charge in [-0.1, -0.05) is 27.7 Å². The van der Waals surface area contributed by atoms with Gasteiger partial charge < -0.3 is 14.1 Å². The van der Waals surface area contributed by atoms with Crippen LogP contribution < -0.4 is 10.3 Å². The highest BCUT2D eigenvalue weighted by atomic mass is 32.1. The zero-order chi connectivity index (χ0) is 17.1. The first-order chi connectivity index (χ1) is 10.0. The number of aromatic amines is 1. The lowest BCUT2D eigenvalue weighted by Gasteiger charge is -2.36. The lowest BCUT2D eigenvalue weighted by molar-refractivity contribution is 0.197. The van der Waals surface area contributed by atoms with E-state index in [-0.39, 0.29) is 10.6 Å². The van der Waals surface area contributed by atoms with Gasteiger partial charge in [0.25, 0.3) is 5.56 Å². The molecule has 0 amide bonds. The summed E-state index contributed by atoms with van der Waals surface area (Å²) in [5, 5.41) is 0.171. The molecule has 0 aliphatic carbocycles. The Labute approximate surface area is 138 Å². The van der Waals surface area contributed by atoms with Gasteiger partial charge in [-0.25, -0.2) is 0 Å². The monoisotopic (exact) mass is 344 g/mol. The molecule has 22 heavy (non-hydrogen) atoms. The normalized spacial score (nSPS) is 12.5. The van der Waals surface area contributed by atoms with Gasteiger partial charge in [0.1, 0.15) is 6.61 Å². The Morgan fingerprint density at radius 1 is 1.27 bits per heavy atom. The second-order valence-electron chi connectivity index (χ2n) is 6.91. The average Bonchev–Trinajstić information content (AvgIpc) is 2.40. The van der Waals surface area contributed by atoms with Crippen molar-refractivity contribution in [3.8, 4) is 5.88 Å². The number of aromatic nitrogens is 2. The Bertz CT molecular complexity index is 629. The van der Waals surface area contributed by atoms with Crippen molar-refractivity contribution >= 4 is 20.5 Å². The van der Waals surface area contributed by atoms with Gasteiger partial charge in [-0.15, -0.1) is 0 Å². The Balaban J connectivity index is 2.75. The first-order valence-electron chi connectivity index (χ1n) is 7.60. The topological polar surface area (TPSA) is 56.2 Å². The fourth-order valence-electron chi connectivity index (χ4n) is 1.74. The van der Waals surface area contributed by atoms with Gasteiger partial charge in [0.05, 0.1) is 12.2 Å². The van der Waals surface area contributed by atoms with E-state index in [4.69, 9.17) is 21.4 Å². The van der Waals surface area contributed by atoms with Crippen LogP contribution >= 0.6 is 12.2 Å². The number of hydrogen-bond donors (Lipinski definition) is 1. The van der Waals surface area contributed by atoms with E-state index in [0.29, 0.717) is 35.8 Å². The van der Waals surface area contributed by atoms with Crippen LogP contribution in [-0.2, 0) is 17.9 Å². The van der Waals surface area contributed by atoms with Crippen LogP contribution in [0.25, 0.3) is 0 Å². The highest BCUT2D eigenvalue weighted by Gasteiger charge is 2.36. The standard InChI is InChI=1S/C15H28N2O3SSi/c1-8-11-12(16-14(21)17(5)13(11)18)19-9-10-20-22(6,7)15(2,3)4/h8-10H2,1-7H3,(H,16,21). The molecule has 0 atom stereocenters. The summed E-state index contributed by atoms with van der Waals surface area (Å²) in [6.07, 6.45) is 0.594. The molecule has 0 unspecified atom stereocenters. The van der Waals surface area contributed by atoms with Crippen molar-refractivity contribution in [2.45, 2.75) is 52.2 Å². The van der Waals surface area contributed by atoms with Crippen LogP contribution in [0.15, 0.2) is 4.79 Å². The molecule has 7 heteroatoms. The van der Waals surface area contributed by atoms with Crippen molar-refractivity contribution in [2.24, 2.45) is 7.05 Å². The molecule has 1 aromatic rings. The van der Waals surface area contributed by atoms with Crippen molar-refractivity contribution in [2.75, 3.05) is 13.2 Å². The van der Waals surface area contributed by atoms with Gasteiger partial charge in [0.15, 0.2) is 13.1 Å². The molecular formula is C15H28N2O3SSi. The molecule has 0 aliphatic rings. The highest BCUT2D eigenvalue weighted by Crippen LogP contribution is 2.36. The highest BCUT2D eigenvalue weighted by molar-refractivity contribution is 7.71. The molecule has 1 aromatic heterocycles. The predicted octanol–water partition coefficient (Wildman–Crippen LogP) is 3.41. The van der Waals surface area contributed by atoms with Crippen molar-refractivity contribution in [3.63, 3.8) is 0 Å². The quantitative estimate of drug-likeness (QED) is 0.488. The first kappa shape index (κ1) is 19.1. The van der Waals surface area contributed by atoms with Crippen LogP contribution in [0.2, 0.25) is 18.1 Å². The molecule has 126 valence electrons. The summed E-state index contributed by atoms with van der Waals surface area (Å²) < 4.78 is 13.6. The molecule has 0 spiro atoms. The Morgan fingerprint density at radius 3 is 2.36 bits per heavy atom. The van der Waals surface area contributed by atoms with Gasteiger partial charge in [-0.3, -0.25) is 9.36 Å². The third kappa shape index (κ3) is 4.30. The molecule has 0 fully saturated rings. The third-order valence-corrected chi connectivity index (χ3v) is 9.23. The maximum Gasteiger partial charge on any atom is 0.261 e. The summed E-state index contributed by atoms with van der Waals surface area (Å²) in [5.41, 5.74) is 0.509. The van der Waals surface area contributed by atoms with E-state index in [0.717, 1.165) is 0 Å². The van der Waals surface area contributed by atoms with Gasteiger partial charge in [0, 0.05) is 7.05 Å². The average molecular weight is 345 g/mol. The van der Waals surface area contributed by atoms with E-state index in [1.165, 1.54) is 4.57 Å². The summed E-state index contributed by atoms with van der Waals surface area (Å²) >= 11 is 5.13. The third-order valence-electron chi connectivity index (χ3n) is 4.31. The maximum atomic E-state index is 12.1. The minimum atomic E-state index is -1.77. The number of hydrogen-bond acceptors (Lipinski definition) is 4. The van der Waals surface area contributed by atoms with Crippen LogP contribution in [0.4, 0.5) is 0 Å². The second kappa shape index (κ2) is 7.10. The summed E-state index contributed by atoms with van der Waals surface area (Å²) in [6, 6.07) is 0. The number of nitrogens with one attached hydrogen (secondary N) is 1. The molecular weight excluding hydrogens is 316 g/mol. The minimum absolute atomic E-state index is 0.105. The van der Waals surface area contributed by atoms with Gasteiger partial charge >= 0.3 is 0 Å². The molecule has 0 bridgehead atoms. The Hall–Kier alpha value is -0.923. The van der Waals surface area contributed by atoms with Gasteiger partial charge in [-0.05, 0) is 36.8 Å². The predicted molar refractivity (Wildman–Crippen MR) is 94.9 cm³/mol. The van der Waals surface area contributed by atoms with Crippen LogP contribution in [-0.4, -0.2) is 31.1 Å². The minimum Gasteiger partial charge on any atom is -0.476 e. The summed E-state index contributed by atoms with van der Waals surface area (Å²) in [6.45, 7) is 13.8. The molecule has 0 aliphatic heterocycles. The van der Waals surface area contributed by atoms with E-state index in [1.54, 1.807) is 7.05 Å². The summed E-state index contributed by atoms with van der Waals surface area (Å²) in [5.74, 6) is 0.467. The molecule has 1 heterocycles. The molecule has 5 nitrogen and oxygen atoms in total. The van der Waals surface area contributed by atoms with E-state index in [1.807, 2.05) is 6.92 Å². The van der Waals surface area contributed by atoms with Crippen LogP contribution in [0, 0.1) is 4.77 Å². The number of nitrogens with zero attached hydrogens (tertiary/aromatic N) is 1. The Morgan fingerprint density at radius 2 is 1.86 bits per heavy atom. The van der Waals surface area contributed by atoms with Crippen LogP contribution in [0.5, 0.6) is 5.88 Å². The number of ether oxygens (including phenoxy) is 1. The van der Waals surface area contributed by atoms with Crippen LogP contribution in [0.3, 0.4) is 0 Å². The number of H-pyrrole nitrogens is 1. The lowest BCUT2D eigenvalue weighted by atomic mass is 10.2. The summed E-state index contributed by atoms with van der Waals surface area (Å²) in [7, 11) is -0.115. The maximum absolute atomic E-state index is 12.1. The van der Waals surface area contributed by atoms with Crippen molar-refractivity contribution in [1.82, 2.24) is 9.55 Å². The first-order valence-corrected chi connectivity index (χ1v) is 10.9. The molecule has 0 radical (unpaired) electrons. The number of rotatable bonds is 6. The molecule has 1 rings (SSSR count).